The lowest BCUT2D eigenvalue weighted by Crippen LogP contribution is -2.03. The number of ether oxygens (including phenoxy) is 1. The van der Waals surface area contributed by atoms with Crippen LogP contribution >= 0.6 is 0 Å². The van der Waals surface area contributed by atoms with Gasteiger partial charge in [0.15, 0.2) is 0 Å². The highest BCUT2D eigenvalue weighted by Crippen LogP contribution is 2.25. The summed E-state index contributed by atoms with van der Waals surface area (Å²) < 4.78 is 4.78. The number of benzene rings is 4. The van der Waals surface area contributed by atoms with E-state index in [1.165, 1.54) is 12.7 Å². The smallest absolute Gasteiger partial charge is 0.338 e. The second-order valence-electron chi connectivity index (χ2n) is 7.62. The van der Waals surface area contributed by atoms with Crippen LogP contribution in [0.25, 0.3) is 22.3 Å². The molecule has 0 unspecified atom stereocenters. The van der Waals surface area contributed by atoms with Gasteiger partial charge in [0.25, 0.3) is 0 Å². The quantitative estimate of drug-likeness (QED) is 0.356. The fourth-order valence-electron chi connectivity index (χ4n) is 3.41. The molecule has 33 heavy (non-hydrogen) atoms. The Kier molecular flexibility index (Phi) is 7.77. The summed E-state index contributed by atoms with van der Waals surface area (Å²) in [4.78, 5) is 22.7. The molecule has 0 saturated carbocycles. The minimum absolute atomic E-state index is 0.304. The maximum atomic E-state index is 11.7. The summed E-state index contributed by atoms with van der Waals surface area (Å²) in [5, 5.41) is 9.08. The third-order valence-corrected chi connectivity index (χ3v) is 5.21. The van der Waals surface area contributed by atoms with E-state index in [4.69, 9.17) is 9.84 Å². The standard InChI is InChI=1S/C15H14O2.C14H12O2/c1-11-7-9-12(10-8-11)13-5-3-4-6-14(13)15(16)17-2;1-10-6-8-11(9-7-10)12-4-2-3-5-13(12)14(15)16/h3-10H,1-2H3;2-9H,1H3,(H,15,16). The van der Waals surface area contributed by atoms with Gasteiger partial charge in [-0.2, -0.15) is 0 Å². The Morgan fingerprint density at radius 3 is 1.42 bits per heavy atom. The molecule has 1 N–H and O–H groups in total. The van der Waals surface area contributed by atoms with Crippen molar-refractivity contribution in [1.82, 2.24) is 0 Å². The Bertz CT molecular complexity index is 1240. The van der Waals surface area contributed by atoms with Crippen LogP contribution in [0.4, 0.5) is 0 Å². The molecule has 0 atom stereocenters. The van der Waals surface area contributed by atoms with Gasteiger partial charge in [-0.25, -0.2) is 9.59 Å². The van der Waals surface area contributed by atoms with Crippen LogP contribution in [0.3, 0.4) is 0 Å². The summed E-state index contributed by atoms with van der Waals surface area (Å²) in [6, 6.07) is 30.4. The van der Waals surface area contributed by atoms with Crippen LogP contribution in [0.5, 0.6) is 0 Å². The second kappa shape index (κ2) is 10.9. The highest BCUT2D eigenvalue weighted by molar-refractivity contribution is 5.97. The Labute approximate surface area is 194 Å². The number of carbonyl (C=O) groups excluding carboxylic acids is 1. The maximum Gasteiger partial charge on any atom is 0.338 e. The van der Waals surface area contributed by atoms with Gasteiger partial charge in [-0.05, 0) is 48.2 Å². The first-order valence-corrected chi connectivity index (χ1v) is 10.5. The molecule has 0 bridgehead atoms. The zero-order valence-electron chi connectivity index (χ0n) is 18.9. The number of esters is 1. The number of carbonyl (C=O) groups is 2. The van der Waals surface area contributed by atoms with E-state index in [2.05, 4.69) is 0 Å². The number of aryl methyl sites for hydroxylation is 2. The van der Waals surface area contributed by atoms with Crippen molar-refractivity contribution >= 4 is 11.9 Å². The Balaban J connectivity index is 0.000000186. The number of hydrogen-bond donors (Lipinski definition) is 1. The molecule has 0 aliphatic rings. The molecular formula is C29H26O4. The molecule has 0 aliphatic heterocycles. The molecule has 4 heteroatoms. The lowest BCUT2D eigenvalue weighted by Gasteiger charge is -2.08. The Morgan fingerprint density at radius 1 is 0.606 bits per heavy atom. The van der Waals surface area contributed by atoms with Gasteiger partial charge in [-0.3, -0.25) is 0 Å². The topological polar surface area (TPSA) is 63.6 Å². The third-order valence-electron chi connectivity index (χ3n) is 5.21. The highest BCUT2D eigenvalue weighted by atomic mass is 16.5. The zero-order valence-corrected chi connectivity index (χ0v) is 18.9. The van der Waals surface area contributed by atoms with E-state index in [9.17, 15) is 9.59 Å². The van der Waals surface area contributed by atoms with Gasteiger partial charge in [0.1, 0.15) is 0 Å². The number of hydrogen-bond acceptors (Lipinski definition) is 3. The monoisotopic (exact) mass is 438 g/mol. The van der Waals surface area contributed by atoms with Crippen molar-refractivity contribution in [3.05, 3.63) is 119 Å². The van der Waals surface area contributed by atoms with E-state index >= 15 is 0 Å². The van der Waals surface area contributed by atoms with Gasteiger partial charge in [0, 0.05) is 0 Å². The third kappa shape index (κ3) is 5.95. The molecule has 0 heterocycles. The molecule has 0 spiro atoms. The average Bonchev–Trinajstić information content (AvgIpc) is 2.85. The van der Waals surface area contributed by atoms with Crippen molar-refractivity contribution in [2.75, 3.05) is 7.11 Å². The summed E-state index contributed by atoms with van der Waals surface area (Å²) in [5.41, 5.74) is 6.92. The summed E-state index contributed by atoms with van der Waals surface area (Å²) in [7, 11) is 1.40. The van der Waals surface area contributed by atoms with Gasteiger partial charge in [0.2, 0.25) is 0 Å². The first kappa shape index (κ1) is 23.5. The summed E-state index contributed by atoms with van der Waals surface area (Å²) in [6.07, 6.45) is 0. The largest absolute Gasteiger partial charge is 0.478 e. The van der Waals surface area contributed by atoms with E-state index in [1.54, 1.807) is 18.2 Å². The van der Waals surface area contributed by atoms with Crippen molar-refractivity contribution in [2.24, 2.45) is 0 Å². The SMILES string of the molecule is COC(=O)c1ccccc1-c1ccc(C)cc1.Cc1ccc(-c2ccccc2C(=O)O)cc1. The lowest BCUT2D eigenvalue weighted by molar-refractivity contribution is 0.0600. The molecule has 0 saturated heterocycles. The fraction of sp³-hybridized carbons (Fsp3) is 0.103. The van der Waals surface area contributed by atoms with Crippen LogP contribution in [-0.4, -0.2) is 24.2 Å². The number of aromatic carboxylic acids is 1. The van der Waals surface area contributed by atoms with E-state index in [0.717, 1.165) is 27.8 Å². The zero-order chi connectivity index (χ0) is 23.8. The van der Waals surface area contributed by atoms with Gasteiger partial charge >= 0.3 is 11.9 Å². The van der Waals surface area contributed by atoms with Crippen LogP contribution in [-0.2, 0) is 4.74 Å². The first-order valence-electron chi connectivity index (χ1n) is 10.5. The van der Waals surface area contributed by atoms with Crippen molar-refractivity contribution in [1.29, 1.82) is 0 Å². The number of rotatable bonds is 4. The lowest BCUT2D eigenvalue weighted by atomic mass is 9.99. The summed E-state index contributed by atoms with van der Waals surface area (Å²) in [5.74, 6) is -1.20. The minimum Gasteiger partial charge on any atom is -0.478 e. The molecule has 0 amide bonds. The molecule has 0 radical (unpaired) electrons. The Hall–Kier alpha value is -4.18. The van der Waals surface area contributed by atoms with Crippen LogP contribution < -0.4 is 0 Å². The molecule has 0 aromatic heterocycles. The first-order chi connectivity index (χ1) is 15.9. The number of carboxylic acid groups (broad SMARTS) is 1. The summed E-state index contributed by atoms with van der Waals surface area (Å²) in [6.45, 7) is 4.04. The normalized spacial score (nSPS) is 10.0. The van der Waals surface area contributed by atoms with E-state index in [-0.39, 0.29) is 5.97 Å². The predicted molar refractivity (Wildman–Crippen MR) is 132 cm³/mol. The van der Waals surface area contributed by atoms with Crippen molar-refractivity contribution in [3.8, 4) is 22.3 Å². The predicted octanol–water partition coefficient (Wildman–Crippen LogP) is 6.81. The molecule has 4 aromatic rings. The summed E-state index contributed by atoms with van der Waals surface area (Å²) >= 11 is 0. The molecule has 166 valence electrons. The molecule has 4 aromatic carbocycles. The molecular weight excluding hydrogens is 412 g/mol. The minimum atomic E-state index is -0.892. The van der Waals surface area contributed by atoms with Crippen LogP contribution in [0.1, 0.15) is 31.8 Å². The Morgan fingerprint density at radius 2 is 1.00 bits per heavy atom. The molecule has 0 fully saturated rings. The average molecular weight is 439 g/mol. The van der Waals surface area contributed by atoms with E-state index < -0.39 is 5.97 Å². The van der Waals surface area contributed by atoms with Crippen molar-refractivity contribution in [2.45, 2.75) is 13.8 Å². The maximum absolute atomic E-state index is 11.7. The van der Waals surface area contributed by atoms with Gasteiger partial charge in [-0.15, -0.1) is 0 Å². The van der Waals surface area contributed by atoms with Gasteiger partial charge in [-0.1, -0.05) is 96.1 Å². The van der Waals surface area contributed by atoms with E-state index in [1.807, 2.05) is 92.7 Å². The van der Waals surface area contributed by atoms with Crippen LogP contribution in [0, 0.1) is 13.8 Å². The van der Waals surface area contributed by atoms with Crippen LogP contribution in [0.15, 0.2) is 97.1 Å². The molecule has 4 nitrogen and oxygen atoms in total. The molecule has 0 aliphatic carbocycles. The van der Waals surface area contributed by atoms with Crippen molar-refractivity contribution in [3.63, 3.8) is 0 Å². The van der Waals surface area contributed by atoms with Crippen molar-refractivity contribution < 1.29 is 19.4 Å². The number of methoxy groups -OCH3 is 1. The fourth-order valence-corrected chi connectivity index (χ4v) is 3.41. The molecule has 4 rings (SSSR count). The second-order valence-corrected chi connectivity index (χ2v) is 7.62. The highest BCUT2D eigenvalue weighted by Gasteiger charge is 2.12. The van der Waals surface area contributed by atoms with Gasteiger partial charge in [0.05, 0.1) is 18.2 Å². The van der Waals surface area contributed by atoms with Gasteiger partial charge < -0.3 is 9.84 Å². The van der Waals surface area contributed by atoms with E-state index in [0.29, 0.717) is 11.1 Å². The van der Waals surface area contributed by atoms with Crippen LogP contribution in [0.2, 0.25) is 0 Å². The number of carboxylic acids is 1.